The molecule has 2 rings (SSSR count). The number of sulfonamides is 1. The van der Waals surface area contributed by atoms with Gasteiger partial charge in [0.1, 0.15) is 5.56 Å². The second-order valence-corrected chi connectivity index (χ2v) is 6.09. The number of aromatic nitrogens is 3. The smallest absolute Gasteiger partial charge is 0.345 e. The Bertz CT molecular complexity index is 771. The van der Waals surface area contributed by atoms with Crippen LogP contribution in [-0.2, 0) is 19.5 Å². The predicted octanol–water partition coefficient (Wildman–Crippen LogP) is 0.294. The van der Waals surface area contributed by atoms with Gasteiger partial charge in [-0.1, -0.05) is 0 Å². The Balaban J connectivity index is 2.44. The number of hydrogen-bond acceptors (Lipinski definition) is 7. The number of rotatable bonds is 7. The summed E-state index contributed by atoms with van der Waals surface area (Å²) in [6, 6.07) is 1.61. The predicted molar refractivity (Wildman–Crippen MR) is 78.2 cm³/mol. The molecule has 0 bridgehead atoms. The first-order valence-electron chi connectivity index (χ1n) is 6.48. The number of nitrogens with one attached hydrogen (secondary N) is 1. The molecule has 0 aliphatic rings. The van der Waals surface area contributed by atoms with Crippen LogP contribution in [0.2, 0.25) is 0 Å². The van der Waals surface area contributed by atoms with E-state index < -0.39 is 16.0 Å². The molecule has 0 radical (unpaired) electrons. The van der Waals surface area contributed by atoms with Crippen LogP contribution in [-0.4, -0.2) is 55.1 Å². The lowest BCUT2D eigenvalue weighted by Crippen LogP contribution is -2.21. The summed E-state index contributed by atoms with van der Waals surface area (Å²) in [5.41, 5.74) is 0.189. The van der Waals surface area contributed by atoms with E-state index in [0.717, 1.165) is 0 Å². The van der Waals surface area contributed by atoms with Crippen LogP contribution in [0.4, 0.5) is 5.82 Å². The number of anilines is 1. The van der Waals surface area contributed by atoms with E-state index in [2.05, 4.69) is 14.8 Å². The summed E-state index contributed by atoms with van der Waals surface area (Å²) < 4.78 is 37.2. The Morgan fingerprint density at radius 1 is 1.45 bits per heavy atom. The van der Waals surface area contributed by atoms with Crippen molar-refractivity contribution in [3.8, 4) is 0 Å². The topological polar surface area (TPSA) is 112 Å². The molecule has 2 aromatic rings. The molecule has 120 valence electrons. The van der Waals surface area contributed by atoms with Gasteiger partial charge < -0.3 is 9.47 Å². The number of hydrogen-bond donors (Lipinski definition) is 1. The summed E-state index contributed by atoms with van der Waals surface area (Å²) in [5, 5.41) is 4.03. The molecule has 22 heavy (non-hydrogen) atoms. The Morgan fingerprint density at radius 3 is 2.91 bits per heavy atom. The van der Waals surface area contributed by atoms with Gasteiger partial charge in [0.05, 0.1) is 19.0 Å². The normalized spacial score (nSPS) is 11.5. The summed E-state index contributed by atoms with van der Waals surface area (Å²) in [6.45, 7) is 1.83. The first kappa shape index (κ1) is 16.2. The van der Waals surface area contributed by atoms with Gasteiger partial charge in [0.25, 0.3) is 0 Å². The van der Waals surface area contributed by atoms with Crippen LogP contribution in [0.1, 0.15) is 17.3 Å². The van der Waals surface area contributed by atoms with Crippen LogP contribution in [0.3, 0.4) is 0 Å². The van der Waals surface area contributed by atoms with E-state index >= 15 is 0 Å². The van der Waals surface area contributed by atoms with Crippen LogP contribution in [0.15, 0.2) is 18.5 Å². The fraction of sp³-hybridized carbons (Fsp3) is 0.417. The van der Waals surface area contributed by atoms with Crippen molar-refractivity contribution in [2.45, 2.75) is 6.92 Å². The Kier molecular flexibility index (Phi) is 4.93. The highest BCUT2D eigenvalue weighted by Crippen LogP contribution is 2.21. The van der Waals surface area contributed by atoms with E-state index in [1.54, 1.807) is 19.2 Å². The van der Waals surface area contributed by atoms with Crippen molar-refractivity contribution in [1.29, 1.82) is 0 Å². The third-order valence-electron chi connectivity index (χ3n) is 2.68. The molecule has 0 aliphatic carbocycles. The lowest BCUT2D eigenvalue weighted by molar-refractivity contribution is 0.0529. The zero-order valence-electron chi connectivity index (χ0n) is 12.1. The highest BCUT2D eigenvalue weighted by Gasteiger charge is 2.25. The summed E-state index contributed by atoms with van der Waals surface area (Å²) in [6.07, 6.45) is 3.03. The summed E-state index contributed by atoms with van der Waals surface area (Å²) in [5.74, 6) is -1.07. The first-order valence-corrected chi connectivity index (χ1v) is 8.13. The summed E-state index contributed by atoms with van der Waals surface area (Å²) >= 11 is 0. The van der Waals surface area contributed by atoms with Gasteiger partial charge in [-0.25, -0.2) is 22.7 Å². The maximum absolute atomic E-state index is 12.1. The van der Waals surface area contributed by atoms with Crippen LogP contribution in [0.25, 0.3) is 5.65 Å². The Morgan fingerprint density at radius 2 is 2.23 bits per heavy atom. The zero-order valence-corrected chi connectivity index (χ0v) is 13.0. The minimum absolute atomic E-state index is 0.0235. The Labute approximate surface area is 127 Å². The lowest BCUT2D eigenvalue weighted by atomic mass is 10.3. The Hall–Kier alpha value is -2.20. The summed E-state index contributed by atoms with van der Waals surface area (Å²) in [4.78, 5) is 16.1. The van der Waals surface area contributed by atoms with Crippen molar-refractivity contribution in [3.63, 3.8) is 0 Å². The van der Waals surface area contributed by atoms with Gasteiger partial charge >= 0.3 is 5.97 Å². The van der Waals surface area contributed by atoms with Crippen molar-refractivity contribution >= 4 is 27.5 Å². The van der Waals surface area contributed by atoms with E-state index in [1.807, 2.05) is 0 Å². The van der Waals surface area contributed by atoms with Gasteiger partial charge in [-0.15, -0.1) is 5.10 Å². The highest BCUT2D eigenvalue weighted by atomic mass is 32.2. The minimum atomic E-state index is -3.70. The minimum Gasteiger partial charge on any atom is -0.462 e. The van der Waals surface area contributed by atoms with Gasteiger partial charge in [-0.2, -0.15) is 0 Å². The van der Waals surface area contributed by atoms with Gasteiger partial charge in [0.2, 0.25) is 10.0 Å². The van der Waals surface area contributed by atoms with Crippen LogP contribution in [0.5, 0.6) is 0 Å². The largest absolute Gasteiger partial charge is 0.462 e. The van der Waals surface area contributed by atoms with Crippen LogP contribution in [0, 0.1) is 0 Å². The molecule has 0 aromatic carbocycles. The second kappa shape index (κ2) is 6.71. The maximum Gasteiger partial charge on any atom is 0.345 e. The van der Waals surface area contributed by atoms with E-state index in [0.29, 0.717) is 0 Å². The molecule has 0 amide bonds. The standard InChI is InChI=1S/C12H16N4O5S/c1-3-21-12(17)9-10(15-22(18,19)8-7-20-2)14-16-6-4-5-13-11(9)16/h4-6H,3,7-8H2,1-2H3,(H,14,15). The second-order valence-electron chi connectivity index (χ2n) is 4.25. The number of carbonyl (C=O) groups is 1. The van der Waals surface area contributed by atoms with Crippen molar-refractivity contribution < 1.29 is 22.7 Å². The third kappa shape index (κ3) is 3.52. The molecule has 2 aromatic heterocycles. The highest BCUT2D eigenvalue weighted by molar-refractivity contribution is 7.92. The van der Waals surface area contributed by atoms with Crippen LogP contribution >= 0.6 is 0 Å². The molecule has 0 aliphatic heterocycles. The fourth-order valence-electron chi connectivity index (χ4n) is 1.74. The van der Waals surface area contributed by atoms with Gasteiger partial charge in [-0.05, 0) is 13.0 Å². The van der Waals surface area contributed by atoms with E-state index in [1.165, 1.54) is 17.8 Å². The quantitative estimate of drug-likeness (QED) is 0.727. The first-order chi connectivity index (χ1) is 10.5. The molecule has 0 atom stereocenters. The van der Waals surface area contributed by atoms with Crippen molar-refractivity contribution in [2.75, 3.05) is 30.8 Å². The zero-order chi connectivity index (χ0) is 16.2. The van der Waals surface area contributed by atoms with E-state index in [9.17, 15) is 13.2 Å². The van der Waals surface area contributed by atoms with E-state index in [4.69, 9.17) is 9.47 Å². The number of carbonyl (C=O) groups excluding carboxylic acids is 1. The van der Waals surface area contributed by atoms with Crippen molar-refractivity contribution in [3.05, 3.63) is 24.0 Å². The molecule has 0 saturated carbocycles. The summed E-state index contributed by atoms with van der Waals surface area (Å²) in [7, 11) is -2.30. The molecule has 0 saturated heterocycles. The third-order valence-corrected chi connectivity index (χ3v) is 3.89. The number of esters is 1. The SMILES string of the molecule is CCOC(=O)c1c(NS(=O)(=O)CCOC)nn2cccnc12. The van der Waals surface area contributed by atoms with Crippen LogP contribution < -0.4 is 4.72 Å². The van der Waals surface area contributed by atoms with E-state index in [-0.39, 0.29) is 36.0 Å². The monoisotopic (exact) mass is 328 g/mol. The fourth-order valence-corrected chi connectivity index (χ4v) is 2.67. The lowest BCUT2D eigenvalue weighted by Gasteiger charge is -2.06. The number of fused-ring (bicyclic) bond motifs is 1. The molecule has 9 nitrogen and oxygen atoms in total. The van der Waals surface area contributed by atoms with Gasteiger partial charge in [0.15, 0.2) is 11.5 Å². The average molecular weight is 328 g/mol. The maximum atomic E-state index is 12.1. The molecule has 2 heterocycles. The molecule has 0 unspecified atom stereocenters. The molecule has 0 spiro atoms. The molecular weight excluding hydrogens is 312 g/mol. The molecular formula is C12H16N4O5S. The molecule has 1 N–H and O–H groups in total. The van der Waals surface area contributed by atoms with Crippen molar-refractivity contribution in [1.82, 2.24) is 14.6 Å². The number of methoxy groups -OCH3 is 1. The van der Waals surface area contributed by atoms with Gasteiger partial charge in [0, 0.05) is 19.5 Å². The van der Waals surface area contributed by atoms with Crippen molar-refractivity contribution in [2.24, 2.45) is 0 Å². The molecule has 10 heteroatoms. The van der Waals surface area contributed by atoms with Gasteiger partial charge in [-0.3, -0.25) is 4.72 Å². The number of nitrogens with zero attached hydrogens (tertiary/aromatic N) is 3. The average Bonchev–Trinajstić information content (AvgIpc) is 2.82. The number of ether oxygens (including phenoxy) is 2. The molecule has 0 fully saturated rings.